The van der Waals surface area contributed by atoms with Crippen LogP contribution in [0.2, 0.25) is 0 Å². The second-order valence-corrected chi connectivity index (χ2v) is 5.83. The Morgan fingerprint density at radius 2 is 2.09 bits per heavy atom. The molecule has 7 nitrogen and oxygen atoms in total. The molecule has 1 aromatic rings. The highest BCUT2D eigenvalue weighted by molar-refractivity contribution is 5.95. The van der Waals surface area contributed by atoms with E-state index in [1.54, 1.807) is 4.90 Å². The van der Waals surface area contributed by atoms with Gasteiger partial charge in [0.05, 0.1) is 4.92 Å². The molecule has 0 atom stereocenters. The van der Waals surface area contributed by atoms with Crippen molar-refractivity contribution < 1.29 is 14.8 Å². The number of carbonyl (C=O) groups is 1. The first kappa shape index (κ1) is 16.2. The molecule has 0 bridgehead atoms. The minimum Gasteiger partial charge on any atom is -0.396 e. The second kappa shape index (κ2) is 6.31. The number of aliphatic hydroxyl groups excluding tert-OH is 1. The summed E-state index contributed by atoms with van der Waals surface area (Å²) in [5.41, 5.74) is 5.51. The molecule has 3 N–H and O–H groups in total. The van der Waals surface area contributed by atoms with Crippen molar-refractivity contribution >= 4 is 17.3 Å². The second-order valence-electron chi connectivity index (χ2n) is 5.83. The summed E-state index contributed by atoms with van der Waals surface area (Å²) in [6, 6.07) is 4.13. The van der Waals surface area contributed by atoms with Gasteiger partial charge in [0, 0.05) is 31.3 Å². The lowest BCUT2D eigenvalue weighted by Crippen LogP contribution is -2.44. The summed E-state index contributed by atoms with van der Waals surface area (Å²) in [6.45, 7) is 3.26. The predicted octanol–water partition coefficient (Wildman–Crippen LogP) is 1.80. The number of nitro benzene ring substituents is 1. The molecule has 1 amide bonds. The van der Waals surface area contributed by atoms with Crippen LogP contribution in [-0.2, 0) is 0 Å². The minimum absolute atomic E-state index is 0.0467. The lowest BCUT2D eigenvalue weighted by molar-refractivity contribution is -0.383. The van der Waals surface area contributed by atoms with Crippen molar-refractivity contribution in [1.29, 1.82) is 0 Å². The number of carbonyl (C=O) groups excluding carboxylic acids is 1. The molecule has 2 rings (SSSR count). The van der Waals surface area contributed by atoms with Crippen molar-refractivity contribution in [3.8, 4) is 0 Å². The van der Waals surface area contributed by atoms with E-state index in [1.807, 2.05) is 6.92 Å². The number of piperidine rings is 1. The number of nitrogens with zero attached hydrogens (tertiary/aromatic N) is 2. The average molecular weight is 307 g/mol. The SMILES string of the molecule is CCC1(CO)CCN(C(=O)c2ccc(N)c([N+](=O)[O-])c2)CC1. The van der Waals surface area contributed by atoms with E-state index in [1.165, 1.54) is 18.2 Å². The van der Waals surface area contributed by atoms with E-state index in [2.05, 4.69) is 0 Å². The van der Waals surface area contributed by atoms with E-state index in [0.717, 1.165) is 19.3 Å². The molecule has 22 heavy (non-hydrogen) atoms. The van der Waals surface area contributed by atoms with Gasteiger partial charge in [-0.05, 0) is 36.8 Å². The number of nitro groups is 1. The van der Waals surface area contributed by atoms with Crippen LogP contribution >= 0.6 is 0 Å². The number of nitrogen functional groups attached to an aromatic ring is 1. The fraction of sp³-hybridized carbons (Fsp3) is 0.533. The molecular weight excluding hydrogens is 286 g/mol. The topological polar surface area (TPSA) is 110 Å². The first-order valence-corrected chi connectivity index (χ1v) is 7.36. The van der Waals surface area contributed by atoms with Gasteiger partial charge in [0.2, 0.25) is 0 Å². The van der Waals surface area contributed by atoms with Crippen LogP contribution in [0.5, 0.6) is 0 Å². The fourth-order valence-corrected chi connectivity index (χ4v) is 2.83. The molecule has 1 heterocycles. The summed E-state index contributed by atoms with van der Waals surface area (Å²) >= 11 is 0. The molecule has 0 radical (unpaired) electrons. The van der Waals surface area contributed by atoms with E-state index < -0.39 is 4.92 Å². The highest BCUT2D eigenvalue weighted by atomic mass is 16.6. The molecule has 0 unspecified atom stereocenters. The van der Waals surface area contributed by atoms with Gasteiger partial charge in [0.1, 0.15) is 5.69 Å². The zero-order valence-electron chi connectivity index (χ0n) is 12.6. The smallest absolute Gasteiger partial charge is 0.292 e. The molecule has 0 aromatic heterocycles. The van der Waals surface area contributed by atoms with Gasteiger partial charge >= 0.3 is 0 Å². The van der Waals surface area contributed by atoms with E-state index in [4.69, 9.17) is 5.73 Å². The Labute approximate surface area is 128 Å². The average Bonchev–Trinajstić information content (AvgIpc) is 2.54. The summed E-state index contributed by atoms with van der Waals surface area (Å²) in [4.78, 5) is 24.5. The van der Waals surface area contributed by atoms with Crippen molar-refractivity contribution in [2.75, 3.05) is 25.4 Å². The maximum Gasteiger partial charge on any atom is 0.292 e. The summed E-state index contributed by atoms with van der Waals surface area (Å²) in [6.07, 6.45) is 2.35. The Bertz CT molecular complexity index is 574. The molecule has 0 saturated carbocycles. The summed E-state index contributed by atoms with van der Waals surface area (Å²) in [7, 11) is 0. The lowest BCUT2D eigenvalue weighted by Gasteiger charge is -2.40. The fourth-order valence-electron chi connectivity index (χ4n) is 2.83. The standard InChI is InChI=1S/C15H21N3O4/c1-2-15(10-19)5-7-17(8-6-15)14(20)11-3-4-12(16)13(9-11)18(21)22/h3-4,9,19H,2,5-8,10,16H2,1H3. The Morgan fingerprint density at radius 1 is 1.45 bits per heavy atom. The van der Waals surface area contributed by atoms with Gasteiger partial charge in [0.25, 0.3) is 11.6 Å². The number of benzene rings is 1. The third-order valence-corrected chi connectivity index (χ3v) is 4.67. The van der Waals surface area contributed by atoms with Crippen LogP contribution in [-0.4, -0.2) is 40.5 Å². The summed E-state index contributed by atoms with van der Waals surface area (Å²) in [5, 5.41) is 20.4. The van der Waals surface area contributed by atoms with Crippen LogP contribution in [0, 0.1) is 15.5 Å². The Balaban J connectivity index is 2.13. The number of rotatable bonds is 4. The van der Waals surface area contributed by atoms with Crippen LogP contribution in [0.25, 0.3) is 0 Å². The number of nitrogens with two attached hydrogens (primary N) is 1. The third kappa shape index (κ3) is 3.04. The van der Waals surface area contributed by atoms with Crippen LogP contribution in [0.3, 0.4) is 0 Å². The van der Waals surface area contributed by atoms with Gasteiger partial charge in [-0.25, -0.2) is 0 Å². The Kier molecular flexibility index (Phi) is 4.65. The first-order chi connectivity index (χ1) is 10.4. The highest BCUT2D eigenvalue weighted by Gasteiger charge is 2.34. The van der Waals surface area contributed by atoms with Crippen LogP contribution in [0.4, 0.5) is 11.4 Å². The quantitative estimate of drug-likeness (QED) is 0.501. The number of amides is 1. The lowest BCUT2D eigenvalue weighted by atomic mass is 9.77. The van der Waals surface area contributed by atoms with Crippen molar-refractivity contribution in [2.24, 2.45) is 5.41 Å². The molecule has 1 aliphatic heterocycles. The Morgan fingerprint density at radius 3 is 2.59 bits per heavy atom. The molecule has 7 heteroatoms. The van der Waals surface area contributed by atoms with E-state index in [9.17, 15) is 20.0 Å². The van der Waals surface area contributed by atoms with Crippen LogP contribution < -0.4 is 5.73 Å². The molecule has 1 saturated heterocycles. The predicted molar refractivity (Wildman–Crippen MR) is 82.5 cm³/mol. The van der Waals surface area contributed by atoms with E-state index >= 15 is 0 Å². The number of hydrogen-bond donors (Lipinski definition) is 2. The highest BCUT2D eigenvalue weighted by Crippen LogP contribution is 2.34. The van der Waals surface area contributed by atoms with Gasteiger partial charge in [-0.3, -0.25) is 14.9 Å². The molecule has 1 fully saturated rings. The number of anilines is 1. The van der Waals surface area contributed by atoms with Gasteiger partial charge < -0.3 is 15.7 Å². The normalized spacial score (nSPS) is 17.3. The van der Waals surface area contributed by atoms with E-state index in [0.29, 0.717) is 13.1 Å². The van der Waals surface area contributed by atoms with Gasteiger partial charge in [0.15, 0.2) is 0 Å². The maximum absolute atomic E-state index is 12.5. The van der Waals surface area contributed by atoms with Crippen molar-refractivity contribution in [1.82, 2.24) is 4.90 Å². The zero-order chi connectivity index (χ0) is 16.3. The summed E-state index contributed by atoms with van der Waals surface area (Å²) < 4.78 is 0. The van der Waals surface area contributed by atoms with Crippen molar-refractivity contribution in [2.45, 2.75) is 26.2 Å². The third-order valence-electron chi connectivity index (χ3n) is 4.67. The molecular formula is C15H21N3O4. The molecule has 0 aliphatic carbocycles. The molecule has 120 valence electrons. The minimum atomic E-state index is -0.587. The molecule has 1 aliphatic rings. The summed E-state index contributed by atoms with van der Waals surface area (Å²) in [5.74, 6) is -0.231. The van der Waals surface area contributed by atoms with E-state index in [-0.39, 0.29) is 34.9 Å². The largest absolute Gasteiger partial charge is 0.396 e. The van der Waals surface area contributed by atoms with Crippen molar-refractivity contribution in [3.05, 3.63) is 33.9 Å². The van der Waals surface area contributed by atoms with Crippen molar-refractivity contribution in [3.63, 3.8) is 0 Å². The molecule has 1 aromatic carbocycles. The number of likely N-dealkylation sites (tertiary alicyclic amines) is 1. The van der Waals surface area contributed by atoms with Crippen LogP contribution in [0.15, 0.2) is 18.2 Å². The molecule has 0 spiro atoms. The number of hydrogen-bond acceptors (Lipinski definition) is 5. The van der Waals surface area contributed by atoms with Crippen LogP contribution in [0.1, 0.15) is 36.5 Å². The monoisotopic (exact) mass is 307 g/mol. The van der Waals surface area contributed by atoms with Gasteiger partial charge in [-0.2, -0.15) is 0 Å². The van der Waals surface area contributed by atoms with Gasteiger partial charge in [-0.15, -0.1) is 0 Å². The number of aliphatic hydroxyl groups is 1. The maximum atomic E-state index is 12.5. The first-order valence-electron chi connectivity index (χ1n) is 7.36. The zero-order valence-corrected chi connectivity index (χ0v) is 12.6. The Hall–Kier alpha value is -2.15. The van der Waals surface area contributed by atoms with Gasteiger partial charge in [-0.1, -0.05) is 6.92 Å².